The number of aliphatic imine (C=N–C) groups is 2. The van der Waals surface area contributed by atoms with Gasteiger partial charge in [0.05, 0.1) is 22.8 Å². The van der Waals surface area contributed by atoms with Gasteiger partial charge in [-0.15, -0.1) is 0 Å². The first kappa shape index (κ1) is 40.7. The minimum absolute atomic E-state index is 0.105. The van der Waals surface area contributed by atoms with Crippen LogP contribution in [0.1, 0.15) is 129 Å². The summed E-state index contributed by atoms with van der Waals surface area (Å²) in [6.45, 7) is 18.3. The van der Waals surface area contributed by atoms with Gasteiger partial charge in [-0.25, -0.2) is 9.98 Å². The van der Waals surface area contributed by atoms with Gasteiger partial charge in [0.2, 0.25) is 0 Å². The summed E-state index contributed by atoms with van der Waals surface area (Å²) in [7, 11) is 0. The van der Waals surface area contributed by atoms with E-state index in [1.807, 2.05) is 0 Å². The molecule has 0 aromatic heterocycles. The number of benzene rings is 8. The van der Waals surface area contributed by atoms with Crippen LogP contribution in [0.15, 0.2) is 180 Å². The molecule has 1 aliphatic rings. The van der Waals surface area contributed by atoms with Crippen LogP contribution < -0.4 is 0 Å². The van der Waals surface area contributed by atoms with Gasteiger partial charge in [0.1, 0.15) is 0 Å². The summed E-state index contributed by atoms with van der Waals surface area (Å²) in [6.07, 6.45) is 0. The molecule has 0 fully saturated rings. The molecule has 2 nitrogen and oxygen atoms in total. The third-order valence-electron chi connectivity index (χ3n) is 13.4. The van der Waals surface area contributed by atoms with E-state index in [2.05, 4.69) is 225 Å². The lowest BCUT2D eigenvalue weighted by molar-refractivity contribution is 0.883. The van der Waals surface area contributed by atoms with Gasteiger partial charge in [-0.2, -0.15) is 0 Å². The van der Waals surface area contributed by atoms with Gasteiger partial charge in [-0.3, -0.25) is 0 Å². The number of hydrogen-bond acceptors (Lipinski definition) is 2. The molecule has 4 atom stereocenters. The number of aryl methyl sites for hydroxylation is 4. The molecule has 306 valence electrons. The Morgan fingerprint density at radius 2 is 0.613 bits per heavy atom. The van der Waals surface area contributed by atoms with Gasteiger partial charge in [0, 0.05) is 40.2 Å². The average molecular weight is 805 g/mol. The molecule has 9 rings (SSSR count). The van der Waals surface area contributed by atoms with Gasteiger partial charge in [-0.1, -0.05) is 209 Å². The lowest BCUT2D eigenvalue weighted by Gasteiger charge is -2.24. The number of nitrogens with zero attached hydrogens (tertiary/aromatic N) is 2. The van der Waals surface area contributed by atoms with Crippen molar-refractivity contribution in [1.82, 2.24) is 0 Å². The fourth-order valence-corrected chi connectivity index (χ4v) is 9.85. The zero-order valence-corrected chi connectivity index (χ0v) is 37.4. The van der Waals surface area contributed by atoms with E-state index >= 15 is 0 Å². The summed E-state index contributed by atoms with van der Waals surface area (Å²) in [4.78, 5) is 12.2. The van der Waals surface area contributed by atoms with E-state index in [0.717, 1.165) is 22.8 Å². The van der Waals surface area contributed by atoms with Crippen LogP contribution in [0.4, 0.5) is 11.4 Å². The molecule has 0 saturated heterocycles. The maximum atomic E-state index is 6.08. The molecule has 0 spiro atoms. The van der Waals surface area contributed by atoms with Crippen molar-refractivity contribution >= 4 is 33.6 Å². The summed E-state index contributed by atoms with van der Waals surface area (Å²) in [6, 6.07) is 62.1. The lowest BCUT2D eigenvalue weighted by atomic mass is 9.84. The Labute approximate surface area is 368 Å². The van der Waals surface area contributed by atoms with Crippen molar-refractivity contribution in [2.45, 2.75) is 79.1 Å². The molecule has 1 aliphatic carbocycles. The first-order valence-electron chi connectivity index (χ1n) is 22.3. The van der Waals surface area contributed by atoms with E-state index in [0.29, 0.717) is 0 Å². The van der Waals surface area contributed by atoms with E-state index in [4.69, 9.17) is 9.98 Å². The molecule has 62 heavy (non-hydrogen) atoms. The van der Waals surface area contributed by atoms with E-state index in [9.17, 15) is 0 Å². The summed E-state index contributed by atoms with van der Waals surface area (Å²) in [5.41, 5.74) is 21.2. The van der Waals surface area contributed by atoms with Crippen molar-refractivity contribution in [3.63, 3.8) is 0 Å². The van der Waals surface area contributed by atoms with Crippen molar-refractivity contribution in [2.75, 3.05) is 0 Å². The summed E-state index contributed by atoms with van der Waals surface area (Å²) >= 11 is 0. The van der Waals surface area contributed by atoms with Gasteiger partial charge in [0.15, 0.2) is 0 Å². The van der Waals surface area contributed by atoms with Crippen LogP contribution in [0, 0.1) is 27.7 Å². The zero-order chi connectivity index (χ0) is 43.1. The van der Waals surface area contributed by atoms with Crippen molar-refractivity contribution in [3.8, 4) is 0 Å². The van der Waals surface area contributed by atoms with Gasteiger partial charge in [0.25, 0.3) is 0 Å². The highest BCUT2D eigenvalue weighted by Crippen LogP contribution is 2.46. The van der Waals surface area contributed by atoms with Gasteiger partial charge in [-0.05, 0) is 88.7 Å². The second-order valence-corrected chi connectivity index (χ2v) is 17.6. The van der Waals surface area contributed by atoms with E-state index < -0.39 is 0 Å². The van der Waals surface area contributed by atoms with Crippen LogP contribution in [-0.4, -0.2) is 11.4 Å². The molecular weight excluding hydrogens is 749 g/mol. The molecule has 8 aromatic rings. The molecule has 0 radical (unpaired) electrons. The summed E-state index contributed by atoms with van der Waals surface area (Å²) in [5, 5.41) is 2.45. The standard InChI is InChI=1S/C60H56N2/c1-37-33-50(41(5)45-21-13-9-14-22-45)57(51(34-37)42(6)46-23-15-10-16-24-46)61-59-54-39(3)29-31-49-32-30-40(4)55(56(49)54)60(59)62-58-52(43(7)47-25-17-11-18-26-47)35-38(2)36-53(58)44(8)48-27-19-12-20-28-48/h9-36,41-44H,1-8H3/b61-59+,62-60+. The Bertz CT molecular complexity index is 2640. The minimum Gasteiger partial charge on any atom is -0.245 e. The van der Waals surface area contributed by atoms with Gasteiger partial charge < -0.3 is 0 Å². The molecular formula is C60H56N2. The molecule has 0 bridgehead atoms. The van der Waals surface area contributed by atoms with E-state index in [1.165, 1.54) is 88.7 Å². The Morgan fingerprint density at radius 1 is 0.339 bits per heavy atom. The number of hydrogen-bond donors (Lipinski definition) is 0. The Hall–Kier alpha value is -6.64. The first-order chi connectivity index (χ1) is 30.1. The molecule has 0 heterocycles. The normalized spacial score (nSPS) is 15.5. The van der Waals surface area contributed by atoms with Crippen LogP contribution >= 0.6 is 0 Å². The molecule has 0 aliphatic heterocycles. The predicted molar refractivity (Wildman–Crippen MR) is 264 cm³/mol. The van der Waals surface area contributed by atoms with Crippen LogP contribution in [0.2, 0.25) is 0 Å². The second kappa shape index (κ2) is 17.0. The van der Waals surface area contributed by atoms with Crippen LogP contribution in [-0.2, 0) is 0 Å². The van der Waals surface area contributed by atoms with Crippen molar-refractivity contribution in [2.24, 2.45) is 9.98 Å². The molecule has 0 saturated carbocycles. The van der Waals surface area contributed by atoms with Crippen molar-refractivity contribution < 1.29 is 0 Å². The van der Waals surface area contributed by atoms with Gasteiger partial charge >= 0.3 is 0 Å². The average Bonchev–Trinajstić information content (AvgIpc) is 3.64. The van der Waals surface area contributed by atoms with Crippen LogP contribution in [0.3, 0.4) is 0 Å². The fraction of sp³-hybridized carbons (Fsp3) is 0.200. The summed E-state index contributed by atoms with van der Waals surface area (Å²) < 4.78 is 0. The highest BCUT2D eigenvalue weighted by atomic mass is 14.9. The molecule has 8 aromatic carbocycles. The number of rotatable bonds is 10. The molecule has 0 amide bonds. The zero-order valence-electron chi connectivity index (χ0n) is 37.4. The summed E-state index contributed by atoms with van der Waals surface area (Å²) in [5.74, 6) is 0.421. The van der Waals surface area contributed by atoms with E-state index in [-0.39, 0.29) is 23.7 Å². The maximum Gasteiger partial charge on any atom is 0.0981 e. The quantitative estimate of drug-likeness (QED) is 0.132. The monoisotopic (exact) mass is 804 g/mol. The van der Waals surface area contributed by atoms with Crippen LogP contribution in [0.25, 0.3) is 10.8 Å². The highest BCUT2D eigenvalue weighted by molar-refractivity contribution is 6.62. The maximum absolute atomic E-state index is 6.08. The fourth-order valence-electron chi connectivity index (χ4n) is 9.85. The lowest BCUT2D eigenvalue weighted by Crippen LogP contribution is -2.14. The topological polar surface area (TPSA) is 24.7 Å². The largest absolute Gasteiger partial charge is 0.245 e. The molecule has 0 N–H and O–H groups in total. The predicted octanol–water partition coefficient (Wildman–Crippen LogP) is 15.9. The van der Waals surface area contributed by atoms with E-state index in [1.54, 1.807) is 0 Å². The highest BCUT2D eigenvalue weighted by Gasteiger charge is 2.33. The Kier molecular flexibility index (Phi) is 11.2. The Morgan fingerprint density at radius 3 is 0.887 bits per heavy atom. The Balaban J connectivity index is 1.39. The molecule has 2 heteroatoms. The first-order valence-corrected chi connectivity index (χ1v) is 22.3. The SMILES string of the molecule is Cc1cc(C(C)c2ccccc2)c(/N=C2/C(=N/c3c(C(C)c4ccccc4)cc(C)cc3C(C)c3ccccc3)c3c(C)ccc4ccc(C)c2c34)c(C(C)c2ccccc2)c1. The second-order valence-electron chi connectivity index (χ2n) is 17.6. The smallest absolute Gasteiger partial charge is 0.0981 e. The minimum atomic E-state index is 0.105. The molecule has 4 unspecified atom stereocenters. The van der Waals surface area contributed by atoms with Crippen LogP contribution in [0.5, 0.6) is 0 Å². The third-order valence-corrected chi connectivity index (χ3v) is 13.4. The third kappa shape index (κ3) is 7.53. The van der Waals surface area contributed by atoms with Crippen molar-refractivity contribution in [1.29, 1.82) is 0 Å². The van der Waals surface area contributed by atoms with Crippen molar-refractivity contribution in [3.05, 3.63) is 248 Å².